The van der Waals surface area contributed by atoms with Gasteiger partial charge in [-0.1, -0.05) is 29.4 Å². The molecule has 0 spiro atoms. The highest BCUT2D eigenvalue weighted by Crippen LogP contribution is 2.35. The third kappa shape index (κ3) is 5.81. The summed E-state index contributed by atoms with van der Waals surface area (Å²) < 4.78 is 35.3. The Kier molecular flexibility index (Phi) is 8.34. The molecule has 1 amide bonds. The maximum Gasteiger partial charge on any atom is 0.253 e. The molecule has 190 valence electrons. The fourth-order valence-electron chi connectivity index (χ4n) is 4.04. The van der Waals surface area contributed by atoms with E-state index in [-0.39, 0.29) is 10.1 Å². The van der Waals surface area contributed by atoms with Crippen LogP contribution in [0.4, 0.5) is 5.13 Å². The topological polar surface area (TPSA) is 83.1 Å². The number of likely N-dealkylation sites (N-methyl/N-ethyl adjacent to an activating group) is 1. The van der Waals surface area contributed by atoms with E-state index < -0.39 is 16.1 Å². The molecule has 0 N–H and O–H groups in total. The van der Waals surface area contributed by atoms with Gasteiger partial charge in [0.2, 0.25) is 5.91 Å². The highest BCUT2D eigenvalue weighted by Gasteiger charge is 2.41. The lowest BCUT2D eigenvalue weighted by Gasteiger charge is -2.36. The smallest absolute Gasteiger partial charge is 0.253 e. The Bertz CT molecular complexity index is 1290. The third-order valence-electron chi connectivity index (χ3n) is 5.78. The Morgan fingerprint density at radius 1 is 1.20 bits per heavy atom. The molecular weight excluding hydrogens is 528 g/mol. The summed E-state index contributed by atoms with van der Waals surface area (Å²) in [6.45, 7) is 3.81. The van der Waals surface area contributed by atoms with Gasteiger partial charge >= 0.3 is 0 Å². The normalized spacial score (nSPS) is 17.2. The van der Waals surface area contributed by atoms with Gasteiger partial charge < -0.3 is 9.64 Å². The van der Waals surface area contributed by atoms with Crippen LogP contribution in [0.2, 0.25) is 4.34 Å². The van der Waals surface area contributed by atoms with E-state index in [1.165, 1.54) is 21.7 Å². The molecule has 3 aromatic rings. The number of halogens is 1. The van der Waals surface area contributed by atoms with Gasteiger partial charge in [-0.25, -0.2) is 13.4 Å². The van der Waals surface area contributed by atoms with Gasteiger partial charge in [-0.2, -0.15) is 4.31 Å². The number of anilines is 1. The van der Waals surface area contributed by atoms with E-state index in [1.807, 2.05) is 44.1 Å². The van der Waals surface area contributed by atoms with Gasteiger partial charge in [-0.05, 0) is 64.2 Å². The number of carbonyl (C=O) groups excluding carboxylic acids is 1. The summed E-state index contributed by atoms with van der Waals surface area (Å²) in [5.74, 6) is 0.502. The Morgan fingerprint density at radius 2 is 2.00 bits per heavy atom. The van der Waals surface area contributed by atoms with Crippen LogP contribution in [0, 0.1) is 0 Å². The minimum atomic E-state index is -3.84. The molecule has 1 fully saturated rings. The minimum absolute atomic E-state index is 0.158. The van der Waals surface area contributed by atoms with Crippen LogP contribution in [0.1, 0.15) is 26.2 Å². The van der Waals surface area contributed by atoms with Crippen molar-refractivity contribution in [2.45, 2.75) is 36.4 Å². The number of aromatic nitrogens is 1. The zero-order chi connectivity index (χ0) is 25.2. The van der Waals surface area contributed by atoms with Gasteiger partial charge in [0.05, 0.1) is 21.2 Å². The average molecular weight is 557 g/mol. The number of benzene rings is 1. The zero-order valence-electron chi connectivity index (χ0n) is 19.9. The summed E-state index contributed by atoms with van der Waals surface area (Å²) in [6.07, 6.45) is 1.96. The number of fused-ring (bicyclic) bond motifs is 1. The largest absolute Gasteiger partial charge is 0.494 e. The van der Waals surface area contributed by atoms with Crippen molar-refractivity contribution >= 4 is 65.6 Å². The van der Waals surface area contributed by atoms with Gasteiger partial charge in [0.1, 0.15) is 16.0 Å². The van der Waals surface area contributed by atoms with Gasteiger partial charge in [0.25, 0.3) is 10.0 Å². The maximum atomic E-state index is 14.0. The number of hydrogen-bond acceptors (Lipinski definition) is 8. The van der Waals surface area contributed by atoms with Crippen molar-refractivity contribution in [3.8, 4) is 5.75 Å². The van der Waals surface area contributed by atoms with E-state index in [0.29, 0.717) is 48.6 Å². The fourth-order valence-corrected chi connectivity index (χ4v) is 8.32. The molecule has 2 aromatic heterocycles. The lowest BCUT2D eigenvalue weighted by molar-refractivity contribution is -0.123. The van der Waals surface area contributed by atoms with Crippen LogP contribution in [-0.2, 0) is 14.8 Å². The maximum absolute atomic E-state index is 14.0. The number of carbonyl (C=O) groups is 1. The number of piperidine rings is 1. The fraction of sp³-hybridized carbons (Fsp3) is 0.478. The van der Waals surface area contributed by atoms with Crippen molar-refractivity contribution < 1.29 is 17.9 Å². The molecule has 1 atom stereocenters. The highest BCUT2D eigenvalue weighted by molar-refractivity contribution is 7.91. The Labute approximate surface area is 219 Å². The van der Waals surface area contributed by atoms with Crippen molar-refractivity contribution in [3.05, 3.63) is 34.7 Å². The molecule has 0 aliphatic carbocycles. The van der Waals surface area contributed by atoms with Crippen molar-refractivity contribution in [2.75, 3.05) is 45.2 Å². The molecule has 1 aliphatic heterocycles. The second-order valence-corrected chi connectivity index (χ2v) is 13.4. The highest BCUT2D eigenvalue weighted by atomic mass is 35.5. The van der Waals surface area contributed by atoms with Gasteiger partial charge in [-0.15, -0.1) is 11.3 Å². The summed E-state index contributed by atoms with van der Waals surface area (Å²) in [7, 11) is 0.0326. The van der Waals surface area contributed by atoms with Crippen LogP contribution in [0.25, 0.3) is 10.2 Å². The second kappa shape index (κ2) is 11.1. The Balaban J connectivity index is 1.68. The second-order valence-electron chi connectivity index (χ2n) is 8.54. The van der Waals surface area contributed by atoms with Crippen LogP contribution in [0.15, 0.2) is 34.5 Å². The zero-order valence-corrected chi connectivity index (χ0v) is 23.1. The van der Waals surface area contributed by atoms with E-state index in [2.05, 4.69) is 0 Å². The number of thiazole rings is 1. The number of hydrogen-bond donors (Lipinski definition) is 0. The van der Waals surface area contributed by atoms with Crippen molar-refractivity contribution in [1.82, 2.24) is 14.2 Å². The number of nitrogens with zero attached hydrogens (tertiary/aromatic N) is 4. The molecule has 3 heterocycles. The summed E-state index contributed by atoms with van der Waals surface area (Å²) in [5, 5.41) is 0.558. The number of amides is 1. The third-order valence-corrected chi connectivity index (χ3v) is 10.4. The molecule has 1 unspecified atom stereocenters. The first-order chi connectivity index (χ1) is 16.7. The lowest BCUT2D eigenvalue weighted by atomic mass is 10.0. The van der Waals surface area contributed by atoms with Crippen LogP contribution in [-0.4, -0.2) is 74.9 Å². The molecule has 1 aliphatic rings. The van der Waals surface area contributed by atoms with Crippen molar-refractivity contribution in [2.24, 2.45) is 0 Å². The average Bonchev–Trinajstić information content (AvgIpc) is 3.45. The van der Waals surface area contributed by atoms with Crippen LogP contribution < -0.4 is 9.64 Å². The van der Waals surface area contributed by atoms with Gasteiger partial charge in [0, 0.05) is 19.6 Å². The molecule has 0 saturated carbocycles. The SMILES string of the molecule is CCOc1ccc2nc(N(CCN(C)C)C(=O)C3CCCCN3S(=O)(=O)c3ccc(Cl)s3)sc2c1. The summed E-state index contributed by atoms with van der Waals surface area (Å²) in [5.41, 5.74) is 0.775. The molecule has 12 heteroatoms. The predicted octanol–water partition coefficient (Wildman–Crippen LogP) is 4.55. The minimum Gasteiger partial charge on any atom is -0.494 e. The van der Waals surface area contributed by atoms with E-state index in [9.17, 15) is 13.2 Å². The number of thiophene rings is 1. The predicted molar refractivity (Wildman–Crippen MR) is 143 cm³/mol. The molecule has 1 saturated heterocycles. The van der Waals surface area contributed by atoms with E-state index in [0.717, 1.165) is 33.7 Å². The van der Waals surface area contributed by atoms with Gasteiger partial charge in [0.15, 0.2) is 5.13 Å². The van der Waals surface area contributed by atoms with E-state index in [4.69, 9.17) is 21.3 Å². The number of ether oxygens (including phenoxy) is 1. The van der Waals surface area contributed by atoms with Crippen molar-refractivity contribution in [1.29, 1.82) is 0 Å². The summed E-state index contributed by atoms with van der Waals surface area (Å²) in [6, 6.07) is 7.96. The lowest BCUT2D eigenvalue weighted by Crippen LogP contribution is -2.53. The molecule has 1 aromatic carbocycles. The molecule has 4 rings (SSSR count). The number of sulfonamides is 1. The molecule has 8 nitrogen and oxygen atoms in total. The first-order valence-electron chi connectivity index (χ1n) is 11.5. The molecule has 0 bridgehead atoms. The Morgan fingerprint density at radius 3 is 2.69 bits per heavy atom. The number of rotatable bonds is 9. The summed E-state index contributed by atoms with van der Waals surface area (Å²) >= 11 is 8.44. The van der Waals surface area contributed by atoms with E-state index >= 15 is 0 Å². The first-order valence-corrected chi connectivity index (χ1v) is 14.9. The van der Waals surface area contributed by atoms with Crippen LogP contribution in [0.3, 0.4) is 0 Å². The molecular formula is C23H29ClN4O4S3. The molecule has 0 radical (unpaired) electrons. The quantitative estimate of drug-likeness (QED) is 0.384. The standard InChI is InChI=1S/C23H29ClN4O4S3/c1-4-32-16-8-9-17-19(15-16)33-23(25-17)27(14-13-26(2)3)22(29)18-7-5-6-12-28(18)35(30,31)21-11-10-20(24)34-21/h8-11,15,18H,4-7,12-14H2,1-3H3. The Hall–Kier alpha value is -1.76. The van der Waals surface area contributed by atoms with Crippen LogP contribution in [0.5, 0.6) is 5.75 Å². The monoisotopic (exact) mass is 556 g/mol. The first kappa shape index (κ1) is 26.3. The van der Waals surface area contributed by atoms with Crippen LogP contribution >= 0.6 is 34.3 Å². The van der Waals surface area contributed by atoms with Gasteiger partial charge in [-0.3, -0.25) is 9.69 Å². The summed E-state index contributed by atoms with van der Waals surface area (Å²) in [4.78, 5) is 22.3. The van der Waals surface area contributed by atoms with Crippen molar-refractivity contribution in [3.63, 3.8) is 0 Å². The van der Waals surface area contributed by atoms with E-state index in [1.54, 1.807) is 11.0 Å². The molecule has 35 heavy (non-hydrogen) atoms.